The van der Waals surface area contributed by atoms with Gasteiger partial charge in [0.1, 0.15) is 0 Å². The molecule has 154 valence electrons. The Morgan fingerprint density at radius 1 is 1.21 bits per heavy atom. The predicted molar refractivity (Wildman–Crippen MR) is 109 cm³/mol. The molecule has 1 amide bonds. The molecule has 1 aromatic carbocycles. The average molecular weight is 388 g/mol. The van der Waals surface area contributed by atoms with E-state index >= 15 is 0 Å². The largest absolute Gasteiger partial charge is 0.480 e. The molecular formula is C22H33N3O3. The minimum Gasteiger partial charge on any atom is -0.480 e. The van der Waals surface area contributed by atoms with Crippen molar-refractivity contribution in [3.8, 4) is 0 Å². The smallest absolute Gasteiger partial charge is 0.317 e. The Bertz CT molecular complexity index is 671. The van der Waals surface area contributed by atoms with Crippen LogP contribution in [-0.2, 0) is 16.0 Å². The second-order valence-electron chi connectivity index (χ2n) is 7.99. The van der Waals surface area contributed by atoms with Gasteiger partial charge in [-0.15, -0.1) is 0 Å². The van der Waals surface area contributed by atoms with Crippen LogP contribution in [0.3, 0.4) is 0 Å². The highest BCUT2D eigenvalue weighted by Gasteiger charge is 2.26. The van der Waals surface area contributed by atoms with Gasteiger partial charge in [-0.25, -0.2) is 0 Å². The van der Waals surface area contributed by atoms with E-state index in [9.17, 15) is 9.59 Å². The molecule has 1 aliphatic carbocycles. The third-order valence-electron chi connectivity index (χ3n) is 6.18. The first kappa shape index (κ1) is 20.8. The number of hydrogen-bond donors (Lipinski definition) is 2. The van der Waals surface area contributed by atoms with Crippen LogP contribution < -0.4 is 5.32 Å². The molecule has 0 saturated carbocycles. The molecule has 2 N–H and O–H groups in total. The van der Waals surface area contributed by atoms with Crippen LogP contribution in [0.15, 0.2) is 24.3 Å². The molecule has 6 heteroatoms. The van der Waals surface area contributed by atoms with E-state index in [4.69, 9.17) is 5.11 Å². The molecule has 0 bridgehead atoms. The minimum absolute atomic E-state index is 0.117. The fourth-order valence-corrected chi connectivity index (χ4v) is 4.61. The number of benzene rings is 1. The summed E-state index contributed by atoms with van der Waals surface area (Å²) < 4.78 is 0. The van der Waals surface area contributed by atoms with Crippen LogP contribution in [0.4, 0.5) is 0 Å². The van der Waals surface area contributed by atoms with Gasteiger partial charge in [-0.3, -0.25) is 14.5 Å². The second kappa shape index (κ2) is 10.0. The Kier molecular flexibility index (Phi) is 7.45. The van der Waals surface area contributed by atoms with E-state index in [1.807, 2.05) is 11.8 Å². The maximum atomic E-state index is 12.5. The first-order valence-corrected chi connectivity index (χ1v) is 10.6. The summed E-state index contributed by atoms with van der Waals surface area (Å²) in [6.07, 6.45) is 5.71. The van der Waals surface area contributed by atoms with Gasteiger partial charge >= 0.3 is 5.97 Å². The summed E-state index contributed by atoms with van der Waals surface area (Å²) >= 11 is 0. The standard InChI is InChI=1S/C22H33N3O3/c1-2-25(16-22(27)28)18-10-13-24(14-11-18)15-12-21(26)23-20-9-5-7-17-6-3-4-8-19(17)20/h3-4,6,8,18,20H,2,5,7,9-16H2,1H3,(H,23,26)(H,27,28). The summed E-state index contributed by atoms with van der Waals surface area (Å²) in [5.74, 6) is -0.630. The molecule has 1 fully saturated rings. The normalized spacial score (nSPS) is 20.7. The molecule has 1 heterocycles. The fraction of sp³-hybridized carbons (Fsp3) is 0.636. The number of aliphatic carboxylic acids is 1. The van der Waals surface area contributed by atoms with E-state index in [2.05, 4.69) is 34.5 Å². The third kappa shape index (κ3) is 5.55. The molecule has 28 heavy (non-hydrogen) atoms. The van der Waals surface area contributed by atoms with Crippen LogP contribution in [0.25, 0.3) is 0 Å². The highest BCUT2D eigenvalue weighted by Crippen LogP contribution is 2.29. The lowest BCUT2D eigenvalue weighted by atomic mass is 9.87. The molecule has 0 radical (unpaired) electrons. The Balaban J connectivity index is 1.41. The van der Waals surface area contributed by atoms with Crippen molar-refractivity contribution < 1.29 is 14.7 Å². The monoisotopic (exact) mass is 387 g/mol. The number of likely N-dealkylation sites (tertiary alicyclic amines) is 1. The summed E-state index contributed by atoms with van der Waals surface area (Å²) in [4.78, 5) is 27.9. The Labute approximate surface area is 167 Å². The Morgan fingerprint density at radius 3 is 2.68 bits per heavy atom. The molecule has 0 aromatic heterocycles. The number of carboxylic acid groups (broad SMARTS) is 1. The van der Waals surface area contributed by atoms with Gasteiger partial charge in [0.25, 0.3) is 0 Å². The molecule has 0 spiro atoms. The maximum absolute atomic E-state index is 12.5. The molecule has 1 aliphatic heterocycles. The Morgan fingerprint density at radius 2 is 1.96 bits per heavy atom. The summed E-state index contributed by atoms with van der Waals surface area (Å²) in [5, 5.41) is 12.3. The summed E-state index contributed by atoms with van der Waals surface area (Å²) in [7, 11) is 0. The van der Waals surface area contributed by atoms with Crippen LogP contribution in [0.2, 0.25) is 0 Å². The number of hydrogen-bond acceptors (Lipinski definition) is 4. The fourth-order valence-electron chi connectivity index (χ4n) is 4.61. The van der Waals surface area contributed by atoms with Gasteiger partial charge in [0.2, 0.25) is 5.91 Å². The lowest BCUT2D eigenvalue weighted by Gasteiger charge is -2.37. The van der Waals surface area contributed by atoms with Gasteiger partial charge < -0.3 is 15.3 Å². The lowest BCUT2D eigenvalue weighted by molar-refractivity contribution is -0.139. The number of nitrogens with zero attached hydrogens (tertiary/aromatic N) is 2. The lowest BCUT2D eigenvalue weighted by Crippen LogP contribution is -2.47. The zero-order valence-electron chi connectivity index (χ0n) is 16.9. The molecule has 3 rings (SSSR count). The van der Waals surface area contributed by atoms with Crippen molar-refractivity contribution in [3.05, 3.63) is 35.4 Å². The van der Waals surface area contributed by atoms with E-state index in [0.29, 0.717) is 12.5 Å². The first-order valence-electron chi connectivity index (χ1n) is 10.6. The van der Waals surface area contributed by atoms with Crippen molar-refractivity contribution in [2.45, 2.75) is 57.5 Å². The molecule has 6 nitrogen and oxygen atoms in total. The topological polar surface area (TPSA) is 72.9 Å². The molecule has 1 saturated heterocycles. The van der Waals surface area contributed by atoms with E-state index in [1.165, 1.54) is 11.1 Å². The average Bonchev–Trinajstić information content (AvgIpc) is 2.71. The van der Waals surface area contributed by atoms with Gasteiger partial charge in [-0.05, 0) is 62.9 Å². The van der Waals surface area contributed by atoms with Crippen LogP contribution >= 0.6 is 0 Å². The van der Waals surface area contributed by atoms with Crippen LogP contribution in [0.5, 0.6) is 0 Å². The summed E-state index contributed by atoms with van der Waals surface area (Å²) in [6.45, 7) is 5.54. The van der Waals surface area contributed by atoms with E-state index < -0.39 is 5.97 Å². The zero-order valence-corrected chi connectivity index (χ0v) is 16.9. The number of amides is 1. The first-order chi connectivity index (χ1) is 13.6. The quantitative estimate of drug-likeness (QED) is 0.717. The zero-order chi connectivity index (χ0) is 19.9. The predicted octanol–water partition coefficient (Wildman–Crippen LogP) is 2.44. The number of aryl methyl sites for hydroxylation is 1. The SMILES string of the molecule is CCN(CC(=O)O)C1CCN(CCC(=O)NC2CCCc3ccccc32)CC1. The molecule has 2 aliphatic rings. The molecular weight excluding hydrogens is 354 g/mol. The minimum atomic E-state index is -0.759. The van der Waals surface area contributed by atoms with Crippen molar-refractivity contribution in [3.63, 3.8) is 0 Å². The highest BCUT2D eigenvalue weighted by atomic mass is 16.4. The number of fused-ring (bicyclic) bond motifs is 1. The van der Waals surface area contributed by atoms with Crippen LogP contribution in [0.1, 0.15) is 56.2 Å². The molecule has 1 aromatic rings. The number of nitrogens with one attached hydrogen (secondary N) is 1. The van der Waals surface area contributed by atoms with Crippen molar-refractivity contribution in [1.82, 2.24) is 15.1 Å². The molecule has 1 unspecified atom stereocenters. The second-order valence-corrected chi connectivity index (χ2v) is 7.99. The number of carboxylic acids is 1. The van der Waals surface area contributed by atoms with Crippen molar-refractivity contribution >= 4 is 11.9 Å². The Hall–Kier alpha value is -1.92. The van der Waals surface area contributed by atoms with Gasteiger partial charge in [0.15, 0.2) is 0 Å². The van der Waals surface area contributed by atoms with Crippen LogP contribution in [-0.4, -0.2) is 65.5 Å². The van der Waals surface area contributed by atoms with Gasteiger partial charge in [-0.1, -0.05) is 31.2 Å². The maximum Gasteiger partial charge on any atom is 0.317 e. The summed E-state index contributed by atoms with van der Waals surface area (Å²) in [5.41, 5.74) is 2.64. The van der Waals surface area contributed by atoms with Crippen molar-refractivity contribution in [2.24, 2.45) is 0 Å². The van der Waals surface area contributed by atoms with E-state index in [-0.39, 0.29) is 18.5 Å². The van der Waals surface area contributed by atoms with E-state index in [0.717, 1.165) is 58.3 Å². The molecule has 1 atom stereocenters. The van der Waals surface area contributed by atoms with Gasteiger partial charge in [0, 0.05) is 19.0 Å². The number of carbonyl (C=O) groups excluding carboxylic acids is 1. The number of rotatable bonds is 8. The van der Waals surface area contributed by atoms with Crippen molar-refractivity contribution in [2.75, 3.05) is 32.7 Å². The van der Waals surface area contributed by atoms with Crippen LogP contribution in [0, 0.1) is 0 Å². The number of piperidine rings is 1. The number of carbonyl (C=O) groups is 2. The number of likely N-dealkylation sites (N-methyl/N-ethyl adjacent to an activating group) is 1. The summed E-state index contributed by atoms with van der Waals surface area (Å²) in [6, 6.07) is 8.92. The van der Waals surface area contributed by atoms with Crippen molar-refractivity contribution in [1.29, 1.82) is 0 Å². The third-order valence-corrected chi connectivity index (χ3v) is 6.18. The van der Waals surface area contributed by atoms with E-state index in [1.54, 1.807) is 0 Å². The van der Waals surface area contributed by atoms with Gasteiger partial charge in [0.05, 0.1) is 12.6 Å². The highest BCUT2D eigenvalue weighted by molar-refractivity contribution is 5.76. The van der Waals surface area contributed by atoms with Gasteiger partial charge in [-0.2, -0.15) is 0 Å².